The molecule has 1 N–H and O–H groups in total. The Labute approximate surface area is 125 Å². The number of nitrogens with one attached hydrogen (secondary N) is 1. The molecule has 2 rings (SSSR count). The van der Waals surface area contributed by atoms with Crippen molar-refractivity contribution in [1.82, 2.24) is 10.2 Å². The van der Waals surface area contributed by atoms with Crippen LogP contribution in [-0.2, 0) is 16.1 Å². The number of nitrogens with zero attached hydrogens (tertiary/aromatic N) is 1. The molecule has 0 aliphatic carbocycles. The van der Waals surface area contributed by atoms with Crippen LogP contribution in [0.5, 0.6) is 0 Å². The highest BCUT2D eigenvalue weighted by atomic mass is 79.9. The fourth-order valence-corrected chi connectivity index (χ4v) is 2.75. The van der Waals surface area contributed by atoms with E-state index in [1.165, 1.54) is 17.0 Å². The molecule has 1 aromatic rings. The van der Waals surface area contributed by atoms with Crippen LogP contribution in [0.3, 0.4) is 0 Å². The molecule has 0 bridgehead atoms. The SMILES string of the molecule is CC(C)C1NC(=O)CN(Cc2cc(F)cc(Br)c2)C1=O. The molecule has 1 unspecified atom stereocenters. The Morgan fingerprint density at radius 1 is 1.40 bits per heavy atom. The van der Waals surface area contributed by atoms with Crippen LogP contribution in [0, 0.1) is 11.7 Å². The van der Waals surface area contributed by atoms with Crippen LogP contribution in [0.2, 0.25) is 0 Å². The third-order valence-corrected chi connectivity index (χ3v) is 3.65. The first-order valence-corrected chi connectivity index (χ1v) is 7.19. The summed E-state index contributed by atoms with van der Waals surface area (Å²) < 4.78 is 14.0. The number of rotatable bonds is 3. The second-order valence-corrected chi connectivity index (χ2v) is 6.18. The third kappa shape index (κ3) is 3.36. The fourth-order valence-electron chi connectivity index (χ4n) is 2.24. The summed E-state index contributed by atoms with van der Waals surface area (Å²) in [6.07, 6.45) is 0. The van der Waals surface area contributed by atoms with Gasteiger partial charge in [-0.25, -0.2) is 4.39 Å². The monoisotopic (exact) mass is 342 g/mol. The largest absolute Gasteiger partial charge is 0.343 e. The Hall–Kier alpha value is -1.43. The molecule has 1 fully saturated rings. The minimum absolute atomic E-state index is 0.0101. The Morgan fingerprint density at radius 2 is 2.10 bits per heavy atom. The van der Waals surface area contributed by atoms with Crippen LogP contribution in [0.25, 0.3) is 0 Å². The molecule has 1 aromatic carbocycles. The van der Waals surface area contributed by atoms with Crippen molar-refractivity contribution < 1.29 is 14.0 Å². The zero-order valence-corrected chi connectivity index (χ0v) is 12.9. The normalized spacial score (nSPS) is 19.4. The van der Waals surface area contributed by atoms with Crippen LogP contribution in [0.15, 0.2) is 22.7 Å². The molecule has 0 radical (unpaired) electrons. The highest BCUT2D eigenvalue weighted by Crippen LogP contribution is 2.18. The van der Waals surface area contributed by atoms with Gasteiger partial charge in [-0.05, 0) is 29.7 Å². The topological polar surface area (TPSA) is 49.4 Å². The standard InChI is InChI=1S/C14H16BrFN2O2/c1-8(2)13-14(20)18(7-12(19)17-13)6-9-3-10(15)5-11(16)4-9/h3-5,8,13H,6-7H2,1-2H3,(H,17,19). The Bertz CT molecular complexity index is 528. The number of hydrogen-bond acceptors (Lipinski definition) is 2. The molecule has 1 aliphatic heterocycles. The van der Waals surface area contributed by atoms with Crippen LogP contribution in [0.1, 0.15) is 19.4 Å². The lowest BCUT2D eigenvalue weighted by atomic mass is 10.0. The van der Waals surface area contributed by atoms with Crippen LogP contribution in [-0.4, -0.2) is 29.3 Å². The molecule has 2 amide bonds. The molecular formula is C14H16BrFN2O2. The molecule has 1 aliphatic rings. The van der Waals surface area contributed by atoms with E-state index in [2.05, 4.69) is 21.2 Å². The molecule has 0 aromatic heterocycles. The molecule has 108 valence electrons. The van der Waals surface area contributed by atoms with E-state index in [1.807, 2.05) is 13.8 Å². The van der Waals surface area contributed by atoms with Crippen LogP contribution < -0.4 is 5.32 Å². The second-order valence-electron chi connectivity index (χ2n) is 5.26. The van der Waals surface area contributed by atoms with Crippen LogP contribution >= 0.6 is 15.9 Å². The van der Waals surface area contributed by atoms with E-state index < -0.39 is 6.04 Å². The maximum Gasteiger partial charge on any atom is 0.246 e. The average Bonchev–Trinajstić information content (AvgIpc) is 2.31. The lowest BCUT2D eigenvalue weighted by Gasteiger charge is -2.34. The highest BCUT2D eigenvalue weighted by molar-refractivity contribution is 9.10. The molecule has 0 saturated carbocycles. The van der Waals surface area contributed by atoms with E-state index >= 15 is 0 Å². The summed E-state index contributed by atoms with van der Waals surface area (Å²) in [5.41, 5.74) is 0.655. The number of carbonyl (C=O) groups excluding carboxylic acids is 2. The number of benzene rings is 1. The van der Waals surface area contributed by atoms with Crippen molar-refractivity contribution in [3.63, 3.8) is 0 Å². The minimum Gasteiger partial charge on any atom is -0.343 e. The van der Waals surface area contributed by atoms with Gasteiger partial charge in [0.15, 0.2) is 0 Å². The Balaban J connectivity index is 2.18. The predicted octanol–water partition coefficient (Wildman–Crippen LogP) is 2.07. The summed E-state index contributed by atoms with van der Waals surface area (Å²) in [6, 6.07) is 3.96. The van der Waals surface area contributed by atoms with E-state index in [4.69, 9.17) is 0 Å². The van der Waals surface area contributed by atoms with Crippen LogP contribution in [0.4, 0.5) is 4.39 Å². The fraction of sp³-hybridized carbons (Fsp3) is 0.429. The quantitative estimate of drug-likeness (QED) is 0.914. The second kappa shape index (κ2) is 5.91. The number of halogens is 2. The average molecular weight is 343 g/mol. The molecule has 4 nitrogen and oxygen atoms in total. The molecule has 20 heavy (non-hydrogen) atoms. The highest BCUT2D eigenvalue weighted by Gasteiger charge is 2.34. The summed E-state index contributed by atoms with van der Waals surface area (Å²) in [5, 5.41) is 2.69. The summed E-state index contributed by atoms with van der Waals surface area (Å²) >= 11 is 3.22. The summed E-state index contributed by atoms with van der Waals surface area (Å²) in [6.45, 7) is 4.00. The van der Waals surface area contributed by atoms with Gasteiger partial charge in [0, 0.05) is 11.0 Å². The van der Waals surface area contributed by atoms with Crippen molar-refractivity contribution in [2.45, 2.75) is 26.4 Å². The van der Waals surface area contributed by atoms with Gasteiger partial charge < -0.3 is 10.2 Å². The first kappa shape index (κ1) is 15.0. The first-order valence-electron chi connectivity index (χ1n) is 6.40. The maximum absolute atomic E-state index is 13.3. The third-order valence-electron chi connectivity index (χ3n) is 3.19. The maximum atomic E-state index is 13.3. The smallest absolute Gasteiger partial charge is 0.246 e. The van der Waals surface area contributed by atoms with Gasteiger partial charge in [0.2, 0.25) is 11.8 Å². The van der Waals surface area contributed by atoms with E-state index in [1.54, 1.807) is 6.07 Å². The van der Waals surface area contributed by atoms with Gasteiger partial charge in [-0.3, -0.25) is 9.59 Å². The van der Waals surface area contributed by atoms with Crippen molar-refractivity contribution in [3.8, 4) is 0 Å². The van der Waals surface area contributed by atoms with E-state index in [0.29, 0.717) is 10.0 Å². The summed E-state index contributed by atoms with van der Waals surface area (Å²) in [4.78, 5) is 25.4. The molecule has 1 saturated heterocycles. The number of piperazine rings is 1. The minimum atomic E-state index is -0.506. The molecule has 6 heteroatoms. The van der Waals surface area contributed by atoms with Gasteiger partial charge in [-0.1, -0.05) is 29.8 Å². The van der Waals surface area contributed by atoms with Crippen molar-refractivity contribution >= 4 is 27.7 Å². The van der Waals surface area contributed by atoms with Gasteiger partial charge >= 0.3 is 0 Å². The van der Waals surface area contributed by atoms with Gasteiger partial charge in [-0.2, -0.15) is 0 Å². The molecule has 1 heterocycles. The van der Waals surface area contributed by atoms with E-state index in [9.17, 15) is 14.0 Å². The summed E-state index contributed by atoms with van der Waals surface area (Å²) in [5.74, 6) is -0.657. The number of hydrogen-bond donors (Lipinski definition) is 1. The zero-order chi connectivity index (χ0) is 14.9. The zero-order valence-electron chi connectivity index (χ0n) is 11.3. The van der Waals surface area contributed by atoms with Gasteiger partial charge in [0.25, 0.3) is 0 Å². The Morgan fingerprint density at radius 3 is 2.70 bits per heavy atom. The van der Waals surface area contributed by atoms with Crippen molar-refractivity contribution in [2.24, 2.45) is 5.92 Å². The lowest BCUT2D eigenvalue weighted by Crippen LogP contribution is -2.59. The van der Waals surface area contributed by atoms with Crippen molar-refractivity contribution in [2.75, 3.05) is 6.54 Å². The lowest BCUT2D eigenvalue weighted by molar-refractivity contribution is -0.146. The molecular weight excluding hydrogens is 327 g/mol. The number of amides is 2. The first-order chi connectivity index (χ1) is 9.36. The molecule has 1 atom stereocenters. The Kier molecular flexibility index (Phi) is 4.42. The van der Waals surface area contributed by atoms with Crippen molar-refractivity contribution in [3.05, 3.63) is 34.1 Å². The van der Waals surface area contributed by atoms with Gasteiger partial charge in [0.05, 0.1) is 6.54 Å². The van der Waals surface area contributed by atoms with E-state index in [-0.39, 0.29) is 36.6 Å². The predicted molar refractivity (Wildman–Crippen MR) is 76.3 cm³/mol. The number of carbonyl (C=O) groups is 2. The molecule has 0 spiro atoms. The summed E-state index contributed by atoms with van der Waals surface area (Å²) in [7, 11) is 0. The van der Waals surface area contributed by atoms with Gasteiger partial charge in [0.1, 0.15) is 11.9 Å². The van der Waals surface area contributed by atoms with Crippen molar-refractivity contribution in [1.29, 1.82) is 0 Å². The van der Waals surface area contributed by atoms with Gasteiger partial charge in [-0.15, -0.1) is 0 Å². The van der Waals surface area contributed by atoms with E-state index in [0.717, 1.165) is 0 Å².